The zero-order valence-corrected chi connectivity index (χ0v) is 8.55. The third kappa shape index (κ3) is 1.67. The van der Waals surface area contributed by atoms with Crippen LogP contribution in [0.4, 0.5) is 4.39 Å². The van der Waals surface area contributed by atoms with Crippen molar-refractivity contribution in [3.8, 4) is 5.69 Å². The van der Waals surface area contributed by atoms with E-state index in [-0.39, 0.29) is 11.3 Å². The highest BCUT2D eigenvalue weighted by Gasteiger charge is 2.17. The second-order valence-electron chi connectivity index (χ2n) is 3.08. The molecule has 0 unspecified atom stereocenters. The standard InChI is InChI=1S/C11H9FN2O2/c1-16-11(15)8-4-2-5-9(12)10(8)14-7-3-6-13-14/h2-7H,1H3. The molecule has 0 aliphatic rings. The normalized spacial score (nSPS) is 10.1. The molecular weight excluding hydrogens is 211 g/mol. The molecule has 0 aliphatic carbocycles. The molecule has 5 heteroatoms. The molecule has 0 atom stereocenters. The number of benzene rings is 1. The van der Waals surface area contributed by atoms with Gasteiger partial charge in [-0.1, -0.05) is 6.07 Å². The zero-order valence-electron chi connectivity index (χ0n) is 8.55. The predicted molar refractivity (Wildman–Crippen MR) is 54.9 cm³/mol. The van der Waals surface area contributed by atoms with Gasteiger partial charge in [0.2, 0.25) is 0 Å². The third-order valence-corrected chi connectivity index (χ3v) is 2.13. The summed E-state index contributed by atoms with van der Waals surface area (Å²) < 4.78 is 19.5. The number of hydrogen-bond acceptors (Lipinski definition) is 3. The number of carbonyl (C=O) groups excluding carboxylic acids is 1. The molecule has 0 fully saturated rings. The summed E-state index contributed by atoms with van der Waals surface area (Å²) in [6, 6.07) is 5.86. The van der Waals surface area contributed by atoms with Crippen LogP contribution in [0, 0.1) is 5.82 Å². The largest absolute Gasteiger partial charge is 0.465 e. The van der Waals surface area contributed by atoms with Gasteiger partial charge in [-0.05, 0) is 18.2 Å². The second kappa shape index (κ2) is 4.14. The number of hydrogen-bond donors (Lipinski definition) is 0. The highest BCUT2D eigenvalue weighted by Crippen LogP contribution is 2.18. The van der Waals surface area contributed by atoms with E-state index in [0.29, 0.717) is 0 Å². The van der Waals surface area contributed by atoms with E-state index in [1.165, 1.54) is 36.2 Å². The van der Waals surface area contributed by atoms with E-state index in [2.05, 4.69) is 9.84 Å². The van der Waals surface area contributed by atoms with E-state index in [1.54, 1.807) is 12.3 Å². The lowest BCUT2D eigenvalue weighted by Crippen LogP contribution is -2.10. The minimum atomic E-state index is -0.593. The Kier molecular flexibility index (Phi) is 2.68. The Balaban J connectivity index is 2.62. The maximum Gasteiger partial charge on any atom is 0.340 e. The van der Waals surface area contributed by atoms with Gasteiger partial charge in [-0.3, -0.25) is 0 Å². The van der Waals surface area contributed by atoms with Crippen LogP contribution in [-0.2, 0) is 4.74 Å². The van der Waals surface area contributed by atoms with Crippen molar-refractivity contribution in [1.29, 1.82) is 0 Å². The fourth-order valence-corrected chi connectivity index (χ4v) is 1.42. The fourth-order valence-electron chi connectivity index (χ4n) is 1.42. The Morgan fingerprint density at radius 2 is 2.25 bits per heavy atom. The van der Waals surface area contributed by atoms with Crippen molar-refractivity contribution in [2.24, 2.45) is 0 Å². The lowest BCUT2D eigenvalue weighted by Gasteiger charge is -2.08. The van der Waals surface area contributed by atoms with Crippen molar-refractivity contribution in [1.82, 2.24) is 9.78 Å². The summed E-state index contributed by atoms with van der Waals surface area (Å²) in [7, 11) is 1.25. The Hall–Kier alpha value is -2.17. The number of carbonyl (C=O) groups is 1. The smallest absolute Gasteiger partial charge is 0.340 e. The molecule has 2 aromatic rings. The van der Waals surface area contributed by atoms with Crippen LogP contribution in [0.3, 0.4) is 0 Å². The molecule has 1 aromatic carbocycles. The van der Waals surface area contributed by atoms with Gasteiger partial charge >= 0.3 is 5.97 Å². The van der Waals surface area contributed by atoms with Crippen molar-refractivity contribution >= 4 is 5.97 Å². The van der Waals surface area contributed by atoms with E-state index in [9.17, 15) is 9.18 Å². The van der Waals surface area contributed by atoms with Crippen LogP contribution >= 0.6 is 0 Å². The first-order valence-electron chi connectivity index (χ1n) is 4.61. The Bertz CT molecular complexity index is 509. The van der Waals surface area contributed by atoms with Gasteiger partial charge in [0, 0.05) is 12.4 Å². The summed E-state index contributed by atoms with van der Waals surface area (Å²) in [6.07, 6.45) is 3.07. The summed E-state index contributed by atoms with van der Waals surface area (Å²) in [6.45, 7) is 0. The molecule has 1 aromatic heterocycles. The number of esters is 1. The summed E-state index contributed by atoms with van der Waals surface area (Å²) in [5.41, 5.74) is 0.241. The van der Waals surface area contributed by atoms with E-state index >= 15 is 0 Å². The van der Waals surface area contributed by atoms with Crippen molar-refractivity contribution in [2.75, 3.05) is 7.11 Å². The average Bonchev–Trinajstić information content (AvgIpc) is 2.81. The van der Waals surface area contributed by atoms with Gasteiger partial charge in [-0.25, -0.2) is 13.9 Å². The molecular formula is C11H9FN2O2. The molecule has 82 valence electrons. The molecule has 0 amide bonds. The van der Waals surface area contributed by atoms with E-state index in [0.717, 1.165) is 0 Å². The molecule has 0 spiro atoms. The Labute approximate surface area is 91.3 Å². The number of methoxy groups -OCH3 is 1. The molecule has 0 aliphatic heterocycles. The minimum Gasteiger partial charge on any atom is -0.465 e. The van der Waals surface area contributed by atoms with Crippen LogP contribution in [0.1, 0.15) is 10.4 Å². The van der Waals surface area contributed by atoms with E-state index in [1.807, 2.05) is 0 Å². The van der Waals surface area contributed by atoms with Crippen LogP contribution in [-0.4, -0.2) is 22.9 Å². The summed E-state index contributed by atoms with van der Waals surface area (Å²) >= 11 is 0. The topological polar surface area (TPSA) is 44.1 Å². The zero-order chi connectivity index (χ0) is 11.5. The maximum atomic E-state index is 13.6. The molecule has 0 N–H and O–H groups in total. The SMILES string of the molecule is COC(=O)c1cccc(F)c1-n1cccn1. The number of para-hydroxylation sites is 1. The van der Waals surface area contributed by atoms with Crippen LogP contribution < -0.4 is 0 Å². The molecule has 16 heavy (non-hydrogen) atoms. The lowest BCUT2D eigenvalue weighted by atomic mass is 10.1. The van der Waals surface area contributed by atoms with Gasteiger partial charge in [-0.2, -0.15) is 5.10 Å². The number of nitrogens with zero attached hydrogens (tertiary/aromatic N) is 2. The van der Waals surface area contributed by atoms with Gasteiger partial charge < -0.3 is 4.74 Å². The van der Waals surface area contributed by atoms with Crippen molar-refractivity contribution < 1.29 is 13.9 Å². The molecule has 0 saturated heterocycles. The van der Waals surface area contributed by atoms with E-state index < -0.39 is 11.8 Å². The summed E-state index contributed by atoms with van der Waals surface area (Å²) in [4.78, 5) is 11.5. The highest BCUT2D eigenvalue weighted by molar-refractivity contribution is 5.93. The highest BCUT2D eigenvalue weighted by atomic mass is 19.1. The first kappa shape index (κ1) is 10.4. The molecule has 0 radical (unpaired) electrons. The lowest BCUT2D eigenvalue weighted by molar-refractivity contribution is 0.0600. The van der Waals surface area contributed by atoms with Crippen molar-refractivity contribution in [2.45, 2.75) is 0 Å². The number of aromatic nitrogens is 2. The second-order valence-corrected chi connectivity index (χ2v) is 3.08. The van der Waals surface area contributed by atoms with Crippen molar-refractivity contribution in [3.05, 3.63) is 48.0 Å². The first-order chi connectivity index (χ1) is 7.74. The van der Waals surface area contributed by atoms with Gasteiger partial charge in [-0.15, -0.1) is 0 Å². The van der Waals surface area contributed by atoms with Gasteiger partial charge in [0.15, 0.2) is 0 Å². The third-order valence-electron chi connectivity index (χ3n) is 2.13. The van der Waals surface area contributed by atoms with Gasteiger partial charge in [0.1, 0.15) is 11.5 Å². The average molecular weight is 220 g/mol. The maximum absolute atomic E-state index is 13.6. The van der Waals surface area contributed by atoms with Crippen LogP contribution in [0.2, 0.25) is 0 Å². The summed E-state index contributed by atoms with van der Waals surface area (Å²) in [5.74, 6) is -1.11. The van der Waals surface area contributed by atoms with Crippen LogP contribution in [0.25, 0.3) is 5.69 Å². The van der Waals surface area contributed by atoms with Crippen LogP contribution in [0.5, 0.6) is 0 Å². The number of ether oxygens (including phenoxy) is 1. The quantitative estimate of drug-likeness (QED) is 0.725. The van der Waals surface area contributed by atoms with Gasteiger partial charge in [0.05, 0.1) is 12.7 Å². The van der Waals surface area contributed by atoms with Crippen LogP contribution in [0.15, 0.2) is 36.7 Å². The minimum absolute atomic E-state index is 0.0966. The molecule has 0 saturated carbocycles. The monoisotopic (exact) mass is 220 g/mol. The molecule has 4 nitrogen and oxygen atoms in total. The Morgan fingerprint density at radius 1 is 1.44 bits per heavy atom. The van der Waals surface area contributed by atoms with Crippen molar-refractivity contribution in [3.63, 3.8) is 0 Å². The Morgan fingerprint density at radius 3 is 2.88 bits per heavy atom. The van der Waals surface area contributed by atoms with Gasteiger partial charge in [0.25, 0.3) is 0 Å². The molecule has 1 heterocycles. The summed E-state index contributed by atoms with van der Waals surface area (Å²) in [5, 5.41) is 3.89. The number of rotatable bonds is 2. The van der Waals surface area contributed by atoms with E-state index in [4.69, 9.17) is 0 Å². The fraction of sp³-hybridized carbons (Fsp3) is 0.0909. The number of halogens is 1. The predicted octanol–water partition coefficient (Wildman–Crippen LogP) is 1.80. The molecule has 0 bridgehead atoms. The first-order valence-corrected chi connectivity index (χ1v) is 4.61. The molecule has 2 rings (SSSR count).